The van der Waals surface area contributed by atoms with Gasteiger partial charge < -0.3 is 10.2 Å². The zero-order chi connectivity index (χ0) is 11.8. The molecule has 1 aromatic rings. The molecule has 0 radical (unpaired) electrons. The van der Waals surface area contributed by atoms with E-state index in [1.807, 2.05) is 0 Å². The quantitative estimate of drug-likeness (QED) is 0.600. The van der Waals surface area contributed by atoms with Crippen molar-refractivity contribution >= 4 is 11.5 Å². The van der Waals surface area contributed by atoms with Crippen molar-refractivity contribution in [1.29, 1.82) is 0 Å². The third-order valence-electron chi connectivity index (χ3n) is 3.65. The average molecular weight is 234 g/mol. The van der Waals surface area contributed by atoms with E-state index >= 15 is 0 Å². The molecule has 0 amide bonds. The minimum absolute atomic E-state index is 0.116. The van der Waals surface area contributed by atoms with Crippen LogP contribution in [-0.4, -0.2) is 36.1 Å². The van der Waals surface area contributed by atoms with Gasteiger partial charge in [-0.15, -0.1) is 0 Å². The Morgan fingerprint density at radius 1 is 1.41 bits per heavy atom. The largest absolute Gasteiger partial charge is 0.356 e. The lowest BCUT2D eigenvalue weighted by atomic mass is 10.0. The minimum Gasteiger partial charge on any atom is -0.356 e. The van der Waals surface area contributed by atoms with Crippen molar-refractivity contribution in [2.24, 2.45) is 11.8 Å². The van der Waals surface area contributed by atoms with Gasteiger partial charge in [-0.2, -0.15) is 0 Å². The molecule has 0 bridgehead atoms. The van der Waals surface area contributed by atoms with Crippen LogP contribution in [0.15, 0.2) is 18.3 Å². The number of nitrogens with zero attached hydrogens (tertiary/aromatic N) is 3. The zero-order valence-corrected chi connectivity index (χ0v) is 9.37. The Balaban J connectivity index is 1.81. The number of fused-ring (bicyclic) bond motifs is 1. The predicted molar refractivity (Wildman–Crippen MR) is 63.0 cm³/mol. The van der Waals surface area contributed by atoms with Gasteiger partial charge in [-0.1, -0.05) is 0 Å². The molecule has 2 aliphatic heterocycles. The van der Waals surface area contributed by atoms with E-state index in [0.29, 0.717) is 11.8 Å². The fourth-order valence-electron chi connectivity index (χ4n) is 2.74. The van der Waals surface area contributed by atoms with Gasteiger partial charge in [0.25, 0.3) is 5.69 Å². The molecule has 1 N–H and O–H groups in total. The molecule has 3 heterocycles. The van der Waals surface area contributed by atoms with Crippen molar-refractivity contribution in [3.8, 4) is 0 Å². The number of nitrogens with one attached hydrogen (secondary N) is 1. The lowest BCUT2D eigenvalue weighted by Gasteiger charge is -2.17. The number of rotatable bonds is 2. The highest BCUT2D eigenvalue weighted by atomic mass is 16.6. The number of hydrogen-bond acceptors (Lipinski definition) is 5. The van der Waals surface area contributed by atoms with Gasteiger partial charge in [0.2, 0.25) is 0 Å². The molecule has 0 spiro atoms. The zero-order valence-electron chi connectivity index (χ0n) is 9.37. The van der Waals surface area contributed by atoms with Crippen LogP contribution in [0.4, 0.5) is 11.5 Å². The van der Waals surface area contributed by atoms with Crippen LogP contribution in [0.3, 0.4) is 0 Å². The van der Waals surface area contributed by atoms with Gasteiger partial charge in [-0.05, 0) is 11.8 Å². The highest BCUT2D eigenvalue weighted by Crippen LogP contribution is 2.30. The summed E-state index contributed by atoms with van der Waals surface area (Å²) in [5.74, 6) is 2.06. The Bertz CT molecular complexity index is 439. The highest BCUT2D eigenvalue weighted by molar-refractivity contribution is 5.47. The molecule has 0 unspecified atom stereocenters. The van der Waals surface area contributed by atoms with Gasteiger partial charge in [0.05, 0.1) is 11.0 Å². The summed E-state index contributed by atoms with van der Waals surface area (Å²) in [6, 6.07) is 3.00. The standard InChI is InChI=1S/C11H14N4O2/c16-15(17)10-1-2-13-11(3-10)14-6-8-4-12-5-9(8)7-14/h1-3,8-9,12H,4-7H2/t8-,9+. The molecule has 1 aromatic heterocycles. The van der Waals surface area contributed by atoms with Crippen LogP contribution in [0.5, 0.6) is 0 Å². The van der Waals surface area contributed by atoms with Crippen LogP contribution in [0, 0.1) is 22.0 Å². The van der Waals surface area contributed by atoms with Crippen molar-refractivity contribution < 1.29 is 4.92 Å². The maximum atomic E-state index is 10.7. The Kier molecular flexibility index (Phi) is 2.44. The lowest BCUT2D eigenvalue weighted by molar-refractivity contribution is -0.384. The number of aromatic nitrogens is 1. The maximum Gasteiger partial charge on any atom is 0.274 e. The summed E-state index contributed by atoms with van der Waals surface area (Å²) in [6.07, 6.45) is 1.51. The minimum atomic E-state index is -0.371. The second-order valence-electron chi connectivity index (χ2n) is 4.71. The molecule has 6 nitrogen and oxygen atoms in total. The first kappa shape index (κ1) is 10.5. The third-order valence-corrected chi connectivity index (χ3v) is 3.65. The van der Waals surface area contributed by atoms with E-state index in [-0.39, 0.29) is 10.6 Å². The maximum absolute atomic E-state index is 10.7. The monoisotopic (exact) mass is 234 g/mol. The Morgan fingerprint density at radius 3 is 2.76 bits per heavy atom. The molecule has 2 atom stereocenters. The summed E-state index contributed by atoms with van der Waals surface area (Å²) < 4.78 is 0. The van der Waals surface area contributed by atoms with E-state index in [1.54, 1.807) is 6.07 Å². The predicted octanol–water partition coefficient (Wildman–Crippen LogP) is 0.645. The van der Waals surface area contributed by atoms with Crippen LogP contribution < -0.4 is 10.2 Å². The fraction of sp³-hybridized carbons (Fsp3) is 0.545. The summed E-state index contributed by atoms with van der Waals surface area (Å²) in [7, 11) is 0. The molecule has 2 saturated heterocycles. The fourth-order valence-corrected chi connectivity index (χ4v) is 2.74. The van der Waals surface area contributed by atoms with E-state index in [4.69, 9.17) is 0 Å². The Morgan fingerprint density at radius 2 is 2.12 bits per heavy atom. The molecule has 2 aliphatic rings. The molecule has 2 fully saturated rings. The highest BCUT2D eigenvalue weighted by Gasteiger charge is 2.36. The van der Waals surface area contributed by atoms with Gasteiger partial charge >= 0.3 is 0 Å². The van der Waals surface area contributed by atoms with Crippen molar-refractivity contribution in [1.82, 2.24) is 10.3 Å². The molecule has 17 heavy (non-hydrogen) atoms. The molecular weight excluding hydrogens is 220 g/mol. The Labute approximate surface area is 98.8 Å². The van der Waals surface area contributed by atoms with E-state index in [2.05, 4.69) is 15.2 Å². The molecule has 90 valence electrons. The van der Waals surface area contributed by atoms with Crippen LogP contribution >= 0.6 is 0 Å². The normalized spacial score (nSPS) is 27.2. The molecule has 3 rings (SSSR count). The first-order valence-corrected chi connectivity index (χ1v) is 5.80. The number of hydrogen-bond donors (Lipinski definition) is 1. The summed E-state index contributed by atoms with van der Waals surface area (Å²) in [5, 5.41) is 14.1. The SMILES string of the molecule is O=[N+]([O-])c1ccnc(N2C[C@H]3CNC[C@H]3C2)c1. The smallest absolute Gasteiger partial charge is 0.274 e. The van der Waals surface area contributed by atoms with Gasteiger partial charge in [-0.3, -0.25) is 10.1 Å². The summed E-state index contributed by atoms with van der Waals surface area (Å²) >= 11 is 0. The molecule has 0 aliphatic carbocycles. The van der Waals surface area contributed by atoms with Crippen LogP contribution in [0.1, 0.15) is 0 Å². The van der Waals surface area contributed by atoms with Gasteiger partial charge in [0.15, 0.2) is 0 Å². The average Bonchev–Trinajstić information content (AvgIpc) is 2.89. The van der Waals surface area contributed by atoms with Crippen LogP contribution in [-0.2, 0) is 0 Å². The van der Waals surface area contributed by atoms with Gasteiger partial charge in [0.1, 0.15) is 5.82 Å². The van der Waals surface area contributed by atoms with Crippen molar-refractivity contribution in [3.05, 3.63) is 28.4 Å². The van der Waals surface area contributed by atoms with Gasteiger partial charge in [-0.25, -0.2) is 4.98 Å². The van der Waals surface area contributed by atoms with Crippen molar-refractivity contribution in [2.45, 2.75) is 0 Å². The van der Waals surface area contributed by atoms with Crippen LogP contribution in [0.25, 0.3) is 0 Å². The first-order valence-electron chi connectivity index (χ1n) is 5.80. The third kappa shape index (κ3) is 1.84. The number of pyridine rings is 1. The molecule has 0 saturated carbocycles. The first-order chi connectivity index (χ1) is 8.24. The van der Waals surface area contributed by atoms with Crippen molar-refractivity contribution in [2.75, 3.05) is 31.1 Å². The molecule has 6 heteroatoms. The molecule has 0 aromatic carbocycles. The van der Waals surface area contributed by atoms with Crippen molar-refractivity contribution in [3.63, 3.8) is 0 Å². The lowest BCUT2D eigenvalue weighted by Crippen LogP contribution is -2.26. The van der Waals surface area contributed by atoms with Gasteiger partial charge in [0, 0.05) is 38.4 Å². The number of anilines is 1. The topological polar surface area (TPSA) is 71.3 Å². The van der Waals surface area contributed by atoms with E-state index < -0.39 is 0 Å². The summed E-state index contributed by atoms with van der Waals surface area (Å²) in [4.78, 5) is 16.7. The number of nitro groups is 1. The summed E-state index contributed by atoms with van der Waals surface area (Å²) in [6.45, 7) is 4.00. The second-order valence-corrected chi connectivity index (χ2v) is 4.71. The second kappa shape index (κ2) is 3.96. The van der Waals surface area contributed by atoms with E-state index in [1.165, 1.54) is 12.3 Å². The Hall–Kier alpha value is -1.69. The molecular formula is C11H14N4O2. The van der Waals surface area contributed by atoms with E-state index in [9.17, 15) is 10.1 Å². The van der Waals surface area contributed by atoms with E-state index in [0.717, 1.165) is 32.0 Å². The van der Waals surface area contributed by atoms with Crippen LogP contribution in [0.2, 0.25) is 0 Å². The summed E-state index contributed by atoms with van der Waals surface area (Å²) in [5.41, 5.74) is 0.116.